The maximum atomic E-state index is 5.33. The second kappa shape index (κ2) is 2.08. The van der Waals surface area contributed by atoms with E-state index in [-0.39, 0.29) is 0 Å². The number of rotatable bonds is 1. The van der Waals surface area contributed by atoms with Crippen LogP contribution in [0.3, 0.4) is 0 Å². The monoisotopic (exact) mass is 151 g/mol. The lowest BCUT2D eigenvalue weighted by molar-refractivity contribution is 0.414. The molecule has 0 aliphatic heterocycles. The Morgan fingerprint density at radius 1 is 1.55 bits per heavy atom. The molecule has 2 aromatic heterocycles. The van der Waals surface area contributed by atoms with Gasteiger partial charge in [-0.1, -0.05) is 10.4 Å². The van der Waals surface area contributed by atoms with Crippen LogP contribution in [0, 0.1) is 0 Å². The zero-order valence-electron chi connectivity index (χ0n) is 5.51. The van der Waals surface area contributed by atoms with Gasteiger partial charge in [0.05, 0.1) is 6.20 Å². The van der Waals surface area contributed by atoms with E-state index < -0.39 is 0 Å². The average Bonchev–Trinajstić information content (AvgIpc) is 2.55. The third-order valence-electron chi connectivity index (χ3n) is 1.17. The number of hydrogen-bond donors (Lipinski definition) is 1. The van der Waals surface area contributed by atoms with Crippen molar-refractivity contribution in [1.82, 2.24) is 20.2 Å². The molecule has 0 aliphatic rings. The molecule has 0 spiro atoms. The van der Waals surface area contributed by atoms with Crippen molar-refractivity contribution >= 4 is 5.82 Å². The fourth-order valence-corrected chi connectivity index (χ4v) is 0.713. The number of nitrogen functional groups attached to an aromatic ring is 1. The molecular weight excluding hydrogens is 146 g/mol. The topological polar surface area (TPSA) is 82.8 Å². The van der Waals surface area contributed by atoms with Crippen LogP contribution in [0.25, 0.3) is 5.82 Å². The second-order valence-electron chi connectivity index (χ2n) is 1.95. The summed E-state index contributed by atoms with van der Waals surface area (Å²) in [5.41, 5.74) is 5.33. The number of hydrogen-bond acceptors (Lipinski definition) is 5. The zero-order chi connectivity index (χ0) is 7.68. The highest BCUT2D eigenvalue weighted by molar-refractivity contribution is 5.26. The summed E-state index contributed by atoms with van der Waals surface area (Å²) >= 11 is 0. The first-order valence-electron chi connectivity index (χ1n) is 2.95. The lowest BCUT2D eigenvalue weighted by Crippen LogP contribution is -1.93. The number of nitrogens with zero attached hydrogens (tertiary/aromatic N) is 4. The molecule has 6 heteroatoms. The van der Waals surface area contributed by atoms with Crippen molar-refractivity contribution in [3.05, 3.63) is 18.5 Å². The number of nitrogens with two attached hydrogens (primary N) is 1. The summed E-state index contributed by atoms with van der Waals surface area (Å²) in [6.07, 6.45) is 3.01. The molecule has 0 aliphatic carbocycles. The Kier molecular flexibility index (Phi) is 1.12. The SMILES string of the molecule is Nc1cn(-c2ccon2)nn1. The van der Waals surface area contributed by atoms with E-state index in [1.54, 1.807) is 12.3 Å². The van der Waals surface area contributed by atoms with Gasteiger partial charge in [-0.15, -0.1) is 5.10 Å². The summed E-state index contributed by atoms with van der Waals surface area (Å²) in [6, 6.07) is 1.66. The molecule has 0 aromatic carbocycles. The van der Waals surface area contributed by atoms with Gasteiger partial charge in [-0.3, -0.25) is 0 Å². The summed E-state index contributed by atoms with van der Waals surface area (Å²) in [7, 11) is 0. The molecule has 2 heterocycles. The van der Waals surface area contributed by atoms with E-state index in [0.29, 0.717) is 11.6 Å². The quantitative estimate of drug-likeness (QED) is 0.612. The first-order valence-corrected chi connectivity index (χ1v) is 2.95. The zero-order valence-corrected chi connectivity index (χ0v) is 5.51. The Balaban J connectivity index is 2.45. The lowest BCUT2D eigenvalue weighted by atomic mass is 10.6. The molecule has 0 fully saturated rings. The lowest BCUT2D eigenvalue weighted by Gasteiger charge is -1.86. The molecule has 0 atom stereocenters. The smallest absolute Gasteiger partial charge is 0.197 e. The minimum absolute atomic E-state index is 0.355. The van der Waals surface area contributed by atoms with Crippen LogP contribution in [0.2, 0.25) is 0 Å². The fourth-order valence-electron chi connectivity index (χ4n) is 0.713. The maximum Gasteiger partial charge on any atom is 0.197 e. The van der Waals surface area contributed by atoms with Gasteiger partial charge in [-0.05, 0) is 0 Å². The summed E-state index contributed by atoms with van der Waals surface area (Å²) < 4.78 is 6.03. The molecule has 0 bridgehead atoms. The van der Waals surface area contributed by atoms with Crippen molar-refractivity contribution in [3.63, 3.8) is 0 Å². The van der Waals surface area contributed by atoms with Crippen LogP contribution in [-0.4, -0.2) is 20.2 Å². The molecule has 0 radical (unpaired) electrons. The van der Waals surface area contributed by atoms with E-state index in [1.807, 2.05) is 0 Å². The van der Waals surface area contributed by atoms with Gasteiger partial charge >= 0.3 is 0 Å². The minimum Gasteiger partial charge on any atom is -0.381 e. The predicted molar refractivity (Wildman–Crippen MR) is 35.8 cm³/mol. The standard InChI is InChI=1S/C5H5N5O/c6-4-3-10(9-7-4)5-1-2-11-8-5/h1-3H,6H2. The van der Waals surface area contributed by atoms with Crippen LogP contribution in [0.1, 0.15) is 0 Å². The molecule has 6 nitrogen and oxygen atoms in total. The Bertz CT molecular complexity index is 337. The van der Waals surface area contributed by atoms with Crippen LogP contribution in [0.4, 0.5) is 5.82 Å². The third-order valence-corrected chi connectivity index (χ3v) is 1.17. The van der Waals surface area contributed by atoms with Crippen LogP contribution in [0.15, 0.2) is 23.0 Å². The number of aromatic nitrogens is 4. The van der Waals surface area contributed by atoms with E-state index >= 15 is 0 Å². The highest BCUT2D eigenvalue weighted by Gasteiger charge is 2.00. The van der Waals surface area contributed by atoms with Gasteiger partial charge in [0.15, 0.2) is 11.6 Å². The average molecular weight is 151 g/mol. The van der Waals surface area contributed by atoms with Gasteiger partial charge in [0.25, 0.3) is 0 Å². The molecule has 0 unspecified atom stereocenters. The molecule has 0 saturated carbocycles. The summed E-state index contributed by atoms with van der Waals surface area (Å²) in [5.74, 6) is 0.919. The van der Waals surface area contributed by atoms with Gasteiger partial charge in [-0.2, -0.15) is 4.68 Å². The van der Waals surface area contributed by atoms with Crippen molar-refractivity contribution in [2.24, 2.45) is 0 Å². The third kappa shape index (κ3) is 0.936. The summed E-state index contributed by atoms with van der Waals surface area (Å²) in [6.45, 7) is 0. The normalized spacial score (nSPS) is 10.2. The van der Waals surface area contributed by atoms with E-state index in [0.717, 1.165) is 0 Å². The Morgan fingerprint density at radius 2 is 2.45 bits per heavy atom. The molecule has 2 N–H and O–H groups in total. The van der Waals surface area contributed by atoms with Gasteiger partial charge in [0.2, 0.25) is 0 Å². The van der Waals surface area contributed by atoms with Gasteiger partial charge in [-0.25, -0.2) is 0 Å². The molecule has 0 saturated heterocycles. The molecule has 11 heavy (non-hydrogen) atoms. The largest absolute Gasteiger partial charge is 0.381 e. The van der Waals surface area contributed by atoms with Crippen molar-refractivity contribution < 1.29 is 4.52 Å². The van der Waals surface area contributed by atoms with E-state index in [4.69, 9.17) is 5.73 Å². The molecule has 2 rings (SSSR count). The van der Waals surface area contributed by atoms with Crippen molar-refractivity contribution in [1.29, 1.82) is 0 Å². The van der Waals surface area contributed by atoms with Crippen LogP contribution < -0.4 is 5.73 Å². The first-order chi connectivity index (χ1) is 5.36. The van der Waals surface area contributed by atoms with Crippen LogP contribution in [-0.2, 0) is 0 Å². The van der Waals surface area contributed by atoms with Gasteiger partial charge in [0, 0.05) is 6.07 Å². The maximum absolute atomic E-state index is 5.33. The highest BCUT2D eigenvalue weighted by Crippen LogP contribution is 2.02. The van der Waals surface area contributed by atoms with E-state index in [2.05, 4.69) is 20.0 Å². The summed E-state index contributed by atoms with van der Waals surface area (Å²) in [4.78, 5) is 0. The van der Waals surface area contributed by atoms with Crippen molar-refractivity contribution in [3.8, 4) is 5.82 Å². The van der Waals surface area contributed by atoms with Crippen molar-refractivity contribution in [2.45, 2.75) is 0 Å². The first kappa shape index (κ1) is 5.90. The summed E-state index contributed by atoms with van der Waals surface area (Å²) in [5, 5.41) is 10.9. The predicted octanol–water partition coefficient (Wildman–Crippen LogP) is -0.163. The highest BCUT2D eigenvalue weighted by atomic mass is 16.5. The van der Waals surface area contributed by atoms with Crippen LogP contribution >= 0.6 is 0 Å². The molecule has 2 aromatic rings. The Labute approximate surface area is 61.6 Å². The molecular formula is C5H5N5O. The van der Waals surface area contributed by atoms with E-state index in [9.17, 15) is 0 Å². The molecule has 56 valence electrons. The van der Waals surface area contributed by atoms with Gasteiger partial charge < -0.3 is 10.3 Å². The van der Waals surface area contributed by atoms with Crippen LogP contribution in [0.5, 0.6) is 0 Å². The molecule has 0 amide bonds. The Morgan fingerprint density at radius 3 is 3.00 bits per heavy atom. The van der Waals surface area contributed by atoms with Gasteiger partial charge in [0.1, 0.15) is 6.26 Å². The van der Waals surface area contributed by atoms with E-state index in [1.165, 1.54) is 10.9 Å². The minimum atomic E-state index is 0.355. The van der Waals surface area contributed by atoms with Crippen molar-refractivity contribution in [2.75, 3.05) is 5.73 Å². The second-order valence-corrected chi connectivity index (χ2v) is 1.95. The number of anilines is 1. The Hall–Kier alpha value is -1.85. The fraction of sp³-hybridized carbons (Fsp3) is 0.